The molecule has 0 spiro atoms. The molecule has 0 heterocycles. The number of phenols is 1. The van der Waals surface area contributed by atoms with E-state index in [1.165, 1.54) is 18.2 Å². The van der Waals surface area contributed by atoms with Crippen molar-refractivity contribution in [3.05, 3.63) is 35.9 Å². The number of benzene rings is 1. The van der Waals surface area contributed by atoms with E-state index in [4.69, 9.17) is 9.84 Å². The normalized spacial score (nSPS) is 9.95. The standard InChI is InChI=1S/C14H18N2O5/c1-9(2)8-21-6-5-15-14(20)16-10-3-4-11(13(18)19)12(17)7-10/h3-4,7,17H,1,5-6,8H2,2H3,(H,18,19)(H2,15,16,20). The van der Waals surface area contributed by atoms with E-state index in [0.29, 0.717) is 19.8 Å². The van der Waals surface area contributed by atoms with Crippen LogP contribution in [0.1, 0.15) is 17.3 Å². The molecule has 0 saturated carbocycles. The van der Waals surface area contributed by atoms with Gasteiger partial charge in [-0.15, -0.1) is 0 Å². The Morgan fingerprint density at radius 3 is 2.67 bits per heavy atom. The maximum atomic E-state index is 11.5. The first-order valence-corrected chi connectivity index (χ1v) is 6.23. The van der Waals surface area contributed by atoms with Crippen molar-refractivity contribution in [2.75, 3.05) is 25.1 Å². The van der Waals surface area contributed by atoms with Crippen molar-refractivity contribution in [1.82, 2.24) is 5.32 Å². The molecule has 0 aliphatic carbocycles. The van der Waals surface area contributed by atoms with Crippen molar-refractivity contribution in [3.63, 3.8) is 0 Å². The molecule has 1 aromatic rings. The molecule has 114 valence electrons. The monoisotopic (exact) mass is 294 g/mol. The number of rotatable bonds is 7. The second kappa shape index (κ2) is 7.91. The molecule has 1 rings (SSSR count). The quantitative estimate of drug-likeness (QED) is 0.453. The minimum atomic E-state index is -1.24. The molecular formula is C14H18N2O5. The Morgan fingerprint density at radius 2 is 2.10 bits per heavy atom. The molecule has 0 bridgehead atoms. The van der Waals surface area contributed by atoms with E-state index in [1.54, 1.807) is 0 Å². The number of carbonyl (C=O) groups is 2. The summed E-state index contributed by atoms with van der Waals surface area (Å²) in [4.78, 5) is 22.3. The Balaban J connectivity index is 2.39. The third-order valence-corrected chi connectivity index (χ3v) is 2.37. The van der Waals surface area contributed by atoms with Gasteiger partial charge >= 0.3 is 12.0 Å². The molecule has 0 aromatic heterocycles. The highest BCUT2D eigenvalue weighted by Crippen LogP contribution is 2.21. The highest BCUT2D eigenvalue weighted by molar-refractivity contribution is 5.93. The van der Waals surface area contributed by atoms with Crippen LogP contribution in [-0.2, 0) is 4.74 Å². The summed E-state index contributed by atoms with van der Waals surface area (Å²) >= 11 is 0. The molecule has 4 N–H and O–H groups in total. The molecule has 7 heteroatoms. The maximum Gasteiger partial charge on any atom is 0.339 e. The number of carboxylic acids is 1. The highest BCUT2D eigenvalue weighted by atomic mass is 16.5. The second-order valence-corrected chi connectivity index (χ2v) is 4.43. The van der Waals surface area contributed by atoms with Crippen molar-refractivity contribution < 1.29 is 24.5 Å². The van der Waals surface area contributed by atoms with Crippen LogP contribution >= 0.6 is 0 Å². The first kappa shape index (κ1) is 16.5. The third kappa shape index (κ3) is 5.96. The van der Waals surface area contributed by atoms with Crippen LogP contribution in [-0.4, -0.2) is 42.0 Å². The molecule has 7 nitrogen and oxygen atoms in total. The average Bonchev–Trinajstić information content (AvgIpc) is 2.37. The number of aromatic carboxylic acids is 1. The van der Waals surface area contributed by atoms with Crippen LogP contribution in [0.15, 0.2) is 30.4 Å². The van der Waals surface area contributed by atoms with Crippen LogP contribution in [0.5, 0.6) is 5.75 Å². The molecule has 0 unspecified atom stereocenters. The number of carbonyl (C=O) groups excluding carboxylic acids is 1. The van der Waals surface area contributed by atoms with E-state index < -0.39 is 17.7 Å². The summed E-state index contributed by atoms with van der Waals surface area (Å²) < 4.78 is 5.21. The minimum Gasteiger partial charge on any atom is -0.507 e. The van der Waals surface area contributed by atoms with Gasteiger partial charge in [0.1, 0.15) is 11.3 Å². The SMILES string of the molecule is C=C(C)COCCNC(=O)Nc1ccc(C(=O)O)c(O)c1. The molecule has 0 aliphatic heterocycles. The number of ether oxygens (including phenoxy) is 1. The number of carboxylic acid groups (broad SMARTS) is 1. The summed E-state index contributed by atoms with van der Waals surface area (Å²) in [5.41, 5.74) is 0.959. The molecule has 0 aliphatic rings. The van der Waals surface area contributed by atoms with Crippen molar-refractivity contribution >= 4 is 17.7 Å². The van der Waals surface area contributed by atoms with Gasteiger partial charge in [-0.1, -0.05) is 12.2 Å². The minimum absolute atomic E-state index is 0.228. The van der Waals surface area contributed by atoms with Gasteiger partial charge in [0.15, 0.2) is 0 Å². The fourth-order valence-electron chi connectivity index (χ4n) is 1.45. The van der Waals surface area contributed by atoms with Gasteiger partial charge in [0, 0.05) is 18.3 Å². The summed E-state index contributed by atoms with van der Waals surface area (Å²) in [6.07, 6.45) is 0. The lowest BCUT2D eigenvalue weighted by molar-refractivity contribution is 0.0694. The predicted molar refractivity (Wildman–Crippen MR) is 77.7 cm³/mol. The summed E-state index contributed by atoms with van der Waals surface area (Å²) in [6.45, 7) is 6.63. The fraction of sp³-hybridized carbons (Fsp3) is 0.286. The van der Waals surface area contributed by atoms with Gasteiger partial charge in [-0.05, 0) is 19.1 Å². The van der Waals surface area contributed by atoms with E-state index in [9.17, 15) is 14.7 Å². The van der Waals surface area contributed by atoms with Crippen LogP contribution in [0, 0.1) is 0 Å². The zero-order valence-electron chi connectivity index (χ0n) is 11.7. The zero-order chi connectivity index (χ0) is 15.8. The molecule has 21 heavy (non-hydrogen) atoms. The van der Waals surface area contributed by atoms with E-state index in [2.05, 4.69) is 17.2 Å². The van der Waals surface area contributed by atoms with E-state index in [-0.39, 0.29) is 11.3 Å². The van der Waals surface area contributed by atoms with Crippen LogP contribution in [0.2, 0.25) is 0 Å². The van der Waals surface area contributed by atoms with Crippen LogP contribution in [0.3, 0.4) is 0 Å². The summed E-state index contributed by atoms with van der Waals surface area (Å²) in [5.74, 6) is -1.65. The molecule has 0 fully saturated rings. The third-order valence-electron chi connectivity index (χ3n) is 2.37. The van der Waals surface area contributed by atoms with Gasteiger partial charge in [0.25, 0.3) is 0 Å². The molecular weight excluding hydrogens is 276 g/mol. The smallest absolute Gasteiger partial charge is 0.339 e. The van der Waals surface area contributed by atoms with Gasteiger partial charge in [0.05, 0.1) is 13.2 Å². The van der Waals surface area contributed by atoms with Gasteiger partial charge in [-0.25, -0.2) is 9.59 Å². The van der Waals surface area contributed by atoms with Crippen molar-refractivity contribution in [2.45, 2.75) is 6.92 Å². The Kier molecular flexibility index (Phi) is 6.22. The lowest BCUT2D eigenvalue weighted by Crippen LogP contribution is -2.31. The highest BCUT2D eigenvalue weighted by Gasteiger charge is 2.10. The fourth-order valence-corrected chi connectivity index (χ4v) is 1.45. The second-order valence-electron chi connectivity index (χ2n) is 4.43. The Bertz CT molecular complexity index is 542. The number of aromatic hydroxyl groups is 1. The maximum absolute atomic E-state index is 11.5. The average molecular weight is 294 g/mol. The number of nitrogens with one attached hydrogen (secondary N) is 2. The van der Waals surface area contributed by atoms with E-state index in [1.807, 2.05) is 6.92 Å². The Morgan fingerprint density at radius 1 is 1.38 bits per heavy atom. The van der Waals surface area contributed by atoms with Crippen molar-refractivity contribution in [1.29, 1.82) is 0 Å². The largest absolute Gasteiger partial charge is 0.507 e. The molecule has 1 aromatic carbocycles. The Labute approximate surface area is 122 Å². The van der Waals surface area contributed by atoms with Gasteiger partial charge in [-0.3, -0.25) is 0 Å². The summed E-state index contributed by atoms with van der Waals surface area (Å²) in [6, 6.07) is 3.29. The zero-order valence-corrected chi connectivity index (χ0v) is 11.7. The van der Waals surface area contributed by atoms with Gasteiger partial charge in [-0.2, -0.15) is 0 Å². The molecule has 0 atom stereocenters. The van der Waals surface area contributed by atoms with Crippen molar-refractivity contribution in [3.8, 4) is 5.75 Å². The molecule has 0 saturated heterocycles. The summed E-state index contributed by atoms with van der Waals surface area (Å²) in [7, 11) is 0. The number of urea groups is 1. The predicted octanol–water partition coefficient (Wildman–Crippen LogP) is 1.80. The van der Waals surface area contributed by atoms with Gasteiger partial charge in [0.2, 0.25) is 0 Å². The molecule has 2 amide bonds. The van der Waals surface area contributed by atoms with Crippen LogP contribution in [0.4, 0.5) is 10.5 Å². The Hall–Kier alpha value is -2.54. The lowest BCUT2D eigenvalue weighted by atomic mass is 10.2. The first-order chi connectivity index (χ1) is 9.90. The van der Waals surface area contributed by atoms with Gasteiger partial charge < -0.3 is 25.6 Å². The van der Waals surface area contributed by atoms with E-state index in [0.717, 1.165) is 5.57 Å². The van der Waals surface area contributed by atoms with Crippen LogP contribution < -0.4 is 10.6 Å². The first-order valence-electron chi connectivity index (χ1n) is 6.23. The van der Waals surface area contributed by atoms with Crippen molar-refractivity contribution in [2.24, 2.45) is 0 Å². The lowest BCUT2D eigenvalue weighted by Gasteiger charge is -2.09. The number of hydrogen-bond donors (Lipinski definition) is 4. The van der Waals surface area contributed by atoms with E-state index >= 15 is 0 Å². The van der Waals surface area contributed by atoms with Crippen LogP contribution in [0.25, 0.3) is 0 Å². The number of amides is 2. The summed E-state index contributed by atoms with van der Waals surface area (Å²) in [5, 5.41) is 23.3. The number of anilines is 1. The topological polar surface area (TPSA) is 108 Å². The number of hydrogen-bond acceptors (Lipinski definition) is 4. The molecule has 0 radical (unpaired) electrons.